The first-order chi connectivity index (χ1) is 9.31. The SMILES string of the molecule is CCOc1nc(NC)nc(OCCc2cccs2)n1. The van der Waals surface area contributed by atoms with E-state index in [2.05, 4.69) is 26.3 Å². The van der Waals surface area contributed by atoms with E-state index in [1.807, 2.05) is 18.4 Å². The number of rotatable bonds is 7. The first-order valence-corrected chi connectivity index (χ1v) is 6.91. The Morgan fingerprint density at radius 3 is 2.63 bits per heavy atom. The molecule has 0 aliphatic heterocycles. The number of anilines is 1. The zero-order valence-corrected chi connectivity index (χ0v) is 11.7. The van der Waals surface area contributed by atoms with Crippen molar-refractivity contribution < 1.29 is 9.47 Å². The van der Waals surface area contributed by atoms with Crippen LogP contribution in [0.4, 0.5) is 5.95 Å². The summed E-state index contributed by atoms with van der Waals surface area (Å²) in [6, 6.07) is 4.65. The predicted molar refractivity (Wildman–Crippen MR) is 74.1 cm³/mol. The molecule has 6 nitrogen and oxygen atoms in total. The number of nitrogens with zero attached hydrogens (tertiary/aromatic N) is 3. The largest absolute Gasteiger partial charge is 0.464 e. The maximum atomic E-state index is 5.53. The van der Waals surface area contributed by atoms with Crippen LogP contribution in [0.25, 0.3) is 0 Å². The zero-order chi connectivity index (χ0) is 13.5. The molecule has 0 aromatic carbocycles. The van der Waals surface area contributed by atoms with Crippen LogP contribution in [-0.4, -0.2) is 35.2 Å². The van der Waals surface area contributed by atoms with E-state index in [9.17, 15) is 0 Å². The van der Waals surface area contributed by atoms with Crippen LogP contribution in [0.5, 0.6) is 12.0 Å². The van der Waals surface area contributed by atoms with Crippen LogP contribution in [0.3, 0.4) is 0 Å². The smallest absolute Gasteiger partial charge is 0.324 e. The Hall–Kier alpha value is -1.89. The van der Waals surface area contributed by atoms with Gasteiger partial charge in [0.2, 0.25) is 5.95 Å². The van der Waals surface area contributed by atoms with Gasteiger partial charge in [0, 0.05) is 18.3 Å². The van der Waals surface area contributed by atoms with E-state index in [0.717, 1.165) is 6.42 Å². The van der Waals surface area contributed by atoms with Crippen molar-refractivity contribution in [3.8, 4) is 12.0 Å². The third kappa shape index (κ3) is 4.06. The second-order valence-corrected chi connectivity index (χ2v) is 4.62. The van der Waals surface area contributed by atoms with E-state index in [1.54, 1.807) is 18.4 Å². The molecule has 0 atom stereocenters. The molecule has 0 saturated carbocycles. The highest BCUT2D eigenvalue weighted by molar-refractivity contribution is 7.09. The van der Waals surface area contributed by atoms with Crippen molar-refractivity contribution >= 4 is 17.3 Å². The molecule has 0 bridgehead atoms. The average molecular weight is 280 g/mol. The minimum Gasteiger partial charge on any atom is -0.464 e. The van der Waals surface area contributed by atoms with E-state index in [4.69, 9.17) is 9.47 Å². The molecule has 0 radical (unpaired) electrons. The molecule has 0 spiro atoms. The van der Waals surface area contributed by atoms with Gasteiger partial charge >= 0.3 is 12.0 Å². The van der Waals surface area contributed by atoms with Crippen molar-refractivity contribution in [1.82, 2.24) is 15.0 Å². The zero-order valence-electron chi connectivity index (χ0n) is 10.9. The minimum absolute atomic E-state index is 0.271. The fraction of sp³-hybridized carbons (Fsp3) is 0.417. The average Bonchev–Trinajstić information content (AvgIpc) is 2.92. The van der Waals surface area contributed by atoms with Crippen molar-refractivity contribution in [2.24, 2.45) is 0 Å². The molecule has 2 rings (SSSR count). The van der Waals surface area contributed by atoms with Gasteiger partial charge in [0.25, 0.3) is 0 Å². The molecule has 102 valence electrons. The van der Waals surface area contributed by atoms with Crippen molar-refractivity contribution in [3.63, 3.8) is 0 Å². The summed E-state index contributed by atoms with van der Waals surface area (Å²) < 4.78 is 10.8. The van der Waals surface area contributed by atoms with Crippen molar-refractivity contribution in [3.05, 3.63) is 22.4 Å². The van der Waals surface area contributed by atoms with Gasteiger partial charge in [-0.1, -0.05) is 6.07 Å². The highest BCUT2D eigenvalue weighted by Crippen LogP contribution is 2.14. The van der Waals surface area contributed by atoms with Gasteiger partial charge in [0.05, 0.1) is 13.2 Å². The normalized spacial score (nSPS) is 10.2. The maximum absolute atomic E-state index is 5.53. The summed E-state index contributed by atoms with van der Waals surface area (Å²) in [5.74, 6) is 0.435. The monoisotopic (exact) mass is 280 g/mol. The van der Waals surface area contributed by atoms with Gasteiger partial charge in [-0.15, -0.1) is 16.3 Å². The summed E-state index contributed by atoms with van der Waals surface area (Å²) in [5, 5.41) is 4.90. The van der Waals surface area contributed by atoms with Crippen LogP contribution in [0.1, 0.15) is 11.8 Å². The van der Waals surface area contributed by atoms with Crippen molar-refractivity contribution in [1.29, 1.82) is 0 Å². The van der Waals surface area contributed by atoms with Gasteiger partial charge < -0.3 is 14.8 Å². The van der Waals surface area contributed by atoms with Crippen molar-refractivity contribution in [2.45, 2.75) is 13.3 Å². The molecular weight excluding hydrogens is 264 g/mol. The molecule has 0 unspecified atom stereocenters. The molecule has 7 heteroatoms. The number of aromatic nitrogens is 3. The standard InChI is InChI=1S/C12H16N4O2S/c1-3-17-11-14-10(13-2)15-12(16-11)18-7-6-9-5-4-8-19-9/h4-5,8H,3,6-7H2,1-2H3,(H,13,14,15,16). The van der Waals surface area contributed by atoms with Gasteiger partial charge in [-0.25, -0.2) is 0 Å². The Kier molecular flexibility index (Phi) is 4.91. The summed E-state index contributed by atoms with van der Waals surface area (Å²) in [7, 11) is 1.74. The number of nitrogens with one attached hydrogen (secondary N) is 1. The van der Waals surface area contributed by atoms with Gasteiger partial charge in [-0.3, -0.25) is 0 Å². The van der Waals surface area contributed by atoms with Crippen LogP contribution >= 0.6 is 11.3 Å². The van der Waals surface area contributed by atoms with Crippen LogP contribution in [0.2, 0.25) is 0 Å². The number of hydrogen-bond acceptors (Lipinski definition) is 7. The third-order valence-corrected chi connectivity index (χ3v) is 3.19. The molecule has 0 saturated heterocycles. The lowest BCUT2D eigenvalue weighted by Crippen LogP contribution is -2.08. The van der Waals surface area contributed by atoms with E-state index in [1.165, 1.54) is 4.88 Å². The third-order valence-electron chi connectivity index (χ3n) is 2.25. The molecule has 19 heavy (non-hydrogen) atoms. The first kappa shape index (κ1) is 13.5. The predicted octanol–water partition coefficient (Wildman–Crippen LogP) is 1.99. The van der Waals surface area contributed by atoms with Gasteiger partial charge in [-0.2, -0.15) is 9.97 Å². The molecule has 1 N–H and O–H groups in total. The van der Waals surface area contributed by atoms with Gasteiger partial charge in [0.1, 0.15) is 0 Å². The van der Waals surface area contributed by atoms with Gasteiger partial charge in [0.15, 0.2) is 0 Å². The minimum atomic E-state index is 0.271. The van der Waals surface area contributed by atoms with Crippen LogP contribution in [0.15, 0.2) is 17.5 Å². The number of thiophene rings is 1. The summed E-state index contributed by atoms with van der Waals surface area (Å²) >= 11 is 1.71. The number of ether oxygens (including phenoxy) is 2. The molecule has 0 fully saturated rings. The van der Waals surface area contributed by atoms with Crippen LogP contribution < -0.4 is 14.8 Å². The Bertz CT molecular complexity index is 504. The summed E-state index contributed by atoms with van der Waals surface area (Å²) in [6.07, 6.45) is 0.836. The lowest BCUT2D eigenvalue weighted by Gasteiger charge is -2.07. The highest BCUT2D eigenvalue weighted by Gasteiger charge is 2.07. The Labute approximate surface area is 115 Å². The van der Waals surface area contributed by atoms with E-state index in [-0.39, 0.29) is 12.0 Å². The van der Waals surface area contributed by atoms with E-state index in [0.29, 0.717) is 19.2 Å². The van der Waals surface area contributed by atoms with Crippen LogP contribution in [0, 0.1) is 0 Å². The Morgan fingerprint density at radius 1 is 1.21 bits per heavy atom. The topological polar surface area (TPSA) is 69.2 Å². The summed E-state index contributed by atoms with van der Waals surface area (Å²) in [5.41, 5.74) is 0. The highest BCUT2D eigenvalue weighted by atomic mass is 32.1. The molecular formula is C12H16N4O2S. The molecule has 0 aliphatic rings. The second kappa shape index (κ2) is 6.89. The fourth-order valence-electron chi connectivity index (χ4n) is 1.41. The number of hydrogen-bond donors (Lipinski definition) is 1. The quantitative estimate of drug-likeness (QED) is 0.836. The summed E-state index contributed by atoms with van der Waals surface area (Å²) in [6.45, 7) is 2.90. The van der Waals surface area contributed by atoms with Gasteiger partial charge in [-0.05, 0) is 18.4 Å². The Balaban J connectivity index is 1.96. The molecule has 0 aliphatic carbocycles. The molecule has 0 amide bonds. The molecule has 2 aromatic rings. The lowest BCUT2D eigenvalue weighted by atomic mass is 10.4. The molecule has 2 heterocycles. The first-order valence-electron chi connectivity index (χ1n) is 6.03. The van der Waals surface area contributed by atoms with Crippen molar-refractivity contribution in [2.75, 3.05) is 25.6 Å². The maximum Gasteiger partial charge on any atom is 0.324 e. The fourth-order valence-corrected chi connectivity index (χ4v) is 2.10. The van der Waals surface area contributed by atoms with Crippen LogP contribution in [-0.2, 0) is 6.42 Å². The second-order valence-electron chi connectivity index (χ2n) is 3.59. The van der Waals surface area contributed by atoms with E-state index < -0.39 is 0 Å². The molecule has 2 aromatic heterocycles. The van der Waals surface area contributed by atoms with E-state index >= 15 is 0 Å². The summed E-state index contributed by atoms with van der Waals surface area (Å²) in [4.78, 5) is 13.5. The Morgan fingerprint density at radius 2 is 2.00 bits per heavy atom. The lowest BCUT2D eigenvalue weighted by molar-refractivity contribution is 0.272.